The van der Waals surface area contributed by atoms with Crippen LogP contribution in [0, 0.1) is 0 Å². The van der Waals surface area contributed by atoms with E-state index in [9.17, 15) is 4.79 Å². The van der Waals surface area contributed by atoms with Crippen molar-refractivity contribution >= 4 is 6.09 Å². The number of aliphatic hydroxyl groups is 1. The highest BCUT2D eigenvalue weighted by Gasteiger charge is 2.19. The first-order chi connectivity index (χ1) is 5.18. The SMILES string of the molecule is O=C(O)NC1CCC(O)CC1. The van der Waals surface area contributed by atoms with Crippen molar-refractivity contribution in [1.82, 2.24) is 5.32 Å². The van der Waals surface area contributed by atoms with Crippen LogP contribution in [-0.2, 0) is 0 Å². The molecule has 0 aliphatic heterocycles. The van der Waals surface area contributed by atoms with Gasteiger partial charge in [0.05, 0.1) is 6.10 Å². The summed E-state index contributed by atoms with van der Waals surface area (Å²) in [6, 6.07) is 0.0518. The summed E-state index contributed by atoms with van der Waals surface area (Å²) in [6.07, 6.45) is 1.75. The quantitative estimate of drug-likeness (QED) is 0.523. The van der Waals surface area contributed by atoms with Crippen molar-refractivity contribution in [3.8, 4) is 0 Å². The molecule has 4 nitrogen and oxygen atoms in total. The average Bonchev–Trinajstić information content (AvgIpc) is 1.93. The molecule has 1 saturated carbocycles. The van der Waals surface area contributed by atoms with Gasteiger partial charge in [0, 0.05) is 6.04 Å². The molecule has 0 bridgehead atoms. The Hall–Kier alpha value is -0.770. The summed E-state index contributed by atoms with van der Waals surface area (Å²) in [6.45, 7) is 0. The topological polar surface area (TPSA) is 69.6 Å². The van der Waals surface area contributed by atoms with Gasteiger partial charge < -0.3 is 15.5 Å². The second-order valence-corrected chi connectivity index (χ2v) is 2.95. The Kier molecular flexibility index (Phi) is 2.70. The predicted octanol–water partition coefficient (Wildman–Crippen LogP) is 0.557. The largest absolute Gasteiger partial charge is 0.465 e. The van der Waals surface area contributed by atoms with Crippen LogP contribution in [0.15, 0.2) is 0 Å². The van der Waals surface area contributed by atoms with E-state index >= 15 is 0 Å². The molecule has 11 heavy (non-hydrogen) atoms. The zero-order chi connectivity index (χ0) is 8.27. The van der Waals surface area contributed by atoms with Crippen molar-refractivity contribution in [1.29, 1.82) is 0 Å². The number of hydrogen-bond donors (Lipinski definition) is 3. The number of rotatable bonds is 1. The molecule has 4 heteroatoms. The summed E-state index contributed by atoms with van der Waals surface area (Å²) in [5.41, 5.74) is 0. The second-order valence-electron chi connectivity index (χ2n) is 2.95. The van der Waals surface area contributed by atoms with Crippen LogP contribution in [-0.4, -0.2) is 28.5 Å². The van der Waals surface area contributed by atoms with Crippen LogP contribution < -0.4 is 5.32 Å². The summed E-state index contributed by atoms with van der Waals surface area (Å²) in [5.74, 6) is 0. The number of nitrogens with one attached hydrogen (secondary N) is 1. The van der Waals surface area contributed by atoms with Crippen LogP contribution in [0.5, 0.6) is 0 Å². The van der Waals surface area contributed by atoms with Gasteiger partial charge in [0.25, 0.3) is 0 Å². The van der Waals surface area contributed by atoms with Gasteiger partial charge in [-0.05, 0) is 25.7 Å². The van der Waals surface area contributed by atoms with E-state index in [1.54, 1.807) is 0 Å². The standard InChI is InChI=1S/C7H13NO3/c9-6-3-1-5(2-4-6)8-7(10)11/h5-6,8-9H,1-4H2,(H,10,11). The fourth-order valence-corrected chi connectivity index (χ4v) is 1.39. The van der Waals surface area contributed by atoms with E-state index in [-0.39, 0.29) is 12.1 Å². The highest BCUT2D eigenvalue weighted by Crippen LogP contribution is 2.17. The highest BCUT2D eigenvalue weighted by molar-refractivity contribution is 5.64. The lowest BCUT2D eigenvalue weighted by atomic mass is 9.93. The fourth-order valence-electron chi connectivity index (χ4n) is 1.39. The third-order valence-electron chi connectivity index (χ3n) is 2.02. The van der Waals surface area contributed by atoms with Gasteiger partial charge in [0.15, 0.2) is 0 Å². The molecule has 0 aromatic rings. The Morgan fingerprint density at radius 1 is 1.27 bits per heavy atom. The third-order valence-corrected chi connectivity index (χ3v) is 2.02. The fraction of sp³-hybridized carbons (Fsp3) is 0.857. The lowest BCUT2D eigenvalue weighted by Gasteiger charge is -2.24. The number of amides is 1. The summed E-state index contributed by atoms with van der Waals surface area (Å²) >= 11 is 0. The number of carboxylic acid groups (broad SMARTS) is 1. The van der Waals surface area contributed by atoms with Crippen molar-refractivity contribution in [2.24, 2.45) is 0 Å². The van der Waals surface area contributed by atoms with E-state index < -0.39 is 6.09 Å². The molecule has 1 amide bonds. The zero-order valence-corrected chi connectivity index (χ0v) is 6.29. The number of aliphatic hydroxyl groups excluding tert-OH is 1. The van der Waals surface area contributed by atoms with E-state index in [0.29, 0.717) is 12.8 Å². The van der Waals surface area contributed by atoms with Gasteiger partial charge in [0.2, 0.25) is 0 Å². The summed E-state index contributed by atoms with van der Waals surface area (Å²) < 4.78 is 0. The maximum absolute atomic E-state index is 10.2. The lowest BCUT2D eigenvalue weighted by molar-refractivity contribution is 0.114. The Morgan fingerprint density at radius 3 is 2.27 bits per heavy atom. The first-order valence-electron chi connectivity index (χ1n) is 3.86. The van der Waals surface area contributed by atoms with E-state index in [1.807, 2.05) is 0 Å². The summed E-state index contributed by atoms with van der Waals surface area (Å²) in [5, 5.41) is 19.9. The molecule has 0 aromatic heterocycles. The summed E-state index contributed by atoms with van der Waals surface area (Å²) in [7, 11) is 0. The van der Waals surface area contributed by atoms with Gasteiger partial charge in [0.1, 0.15) is 0 Å². The first-order valence-corrected chi connectivity index (χ1v) is 3.86. The predicted molar refractivity (Wildman–Crippen MR) is 39.4 cm³/mol. The smallest absolute Gasteiger partial charge is 0.404 e. The molecule has 1 fully saturated rings. The second kappa shape index (κ2) is 3.57. The van der Waals surface area contributed by atoms with Crippen LogP contribution in [0.2, 0.25) is 0 Å². The Bertz CT molecular complexity index is 141. The van der Waals surface area contributed by atoms with Gasteiger partial charge in [-0.25, -0.2) is 4.79 Å². The molecule has 0 aromatic carbocycles. The maximum atomic E-state index is 10.2. The highest BCUT2D eigenvalue weighted by atomic mass is 16.4. The third kappa shape index (κ3) is 2.76. The van der Waals surface area contributed by atoms with E-state index in [2.05, 4.69) is 5.32 Å². The van der Waals surface area contributed by atoms with Crippen LogP contribution >= 0.6 is 0 Å². The zero-order valence-electron chi connectivity index (χ0n) is 6.29. The minimum Gasteiger partial charge on any atom is -0.465 e. The van der Waals surface area contributed by atoms with E-state index in [4.69, 9.17) is 10.2 Å². The van der Waals surface area contributed by atoms with E-state index in [0.717, 1.165) is 12.8 Å². The van der Waals surface area contributed by atoms with Gasteiger partial charge in [-0.3, -0.25) is 0 Å². The molecule has 3 N–H and O–H groups in total. The number of carbonyl (C=O) groups is 1. The first kappa shape index (κ1) is 8.33. The molecule has 0 spiro atoms. The van der Waals surface area contributed by atoms with Crippen LogP contribution in [0.25, 0.3) is 0 Å². The average molecular weight is 159 g/mol. The van der Waals surface area contributed by atoms with Crippen molar-refractivity contribution in [2.75, 3.05) is 0 Å². The van der Waals surface area contributed by atoms with Crippen molar-refractivity contribution in [3.63, 3.8) is 0 Å². The van der Waals surface area contributed by atoms with Crippen molar-refractivity contribution in [3.05, 3.63) is 0 Å². The molecule has 0 atom stereocenters. The molecule has 0 heterocycles. The molecule has 0 unspecified atom stereocenters. The van der Waals surface area contributed by atoms with Crippen molar-refractivity contribution < 1.29 is 15.0 Å². The molecular weight excluding hydrogens is 146 g/mol. The van der Waals surface area contributed by atoms with E-state index in [1.165, 1.54) is 0 Å². The normalized spacial score (nSPS) is 31.4. The Balaban J connectivity index is 2.22. The molecule has 1 aliphatic carbocycles. The van der Waals surface area contributed by atoms with Crippen LogP contribution in [0.1, 0.15) is 25.7 Å². The van der Waals surface area contributed by atoms with Gasteiger partial charge in [-0.2, -0.15) is 0 Å². The molecular formula is C7H13NO3. The Morgan fingerprint density at radius 2 is 1.82 bits per heavy atom. The van der Waals surface area contributed by atoms with Crippen LogP contribution in [0.3, 0.4) is 0 Å². The van der Waals surface area contributed by atoms with Crippen LogP contribution in [0.4, 0.5) is 4.79 Å². The molecule has 1 rings (SSSR count). The minimum atomic E-state index is -0.966. The van der Waals surface area contributed by atoms with Gasteiger partial charge in [-0.1, -0.05) is 0 Å². The Labute approximate surface area is 65.2 Å². The number of hydrogen-bond acceptors (Lipinski definition) is 2. The van der Waals surface area contributed by atoms with Gasteiger partial charge in [-0.15, -0.1) is 0 Å². The summed E-state index contributed by atoms with van der Waals surface area (Å²) in [4.78, 5) is 10.2. The lowest BCUT2D eigenvalue weighted by Crippen LogP contribution is -2.37. The molecule has 1 aliphatic rings. The van der Waals surface area contributed by atoms with Gasteiger partial charge >= 0.3 is 6.09 Å². The minimum absolute atomic E-state index is 0.0518. The monoisotopic (exact) mass is 159 g/mol. The molecule has 0 radical (unpaired) electrons. The maximum Gasteiger partial charge on any atom is 0.404 e. The van der Waals surface area contributed by atoms with Crippen molar-refractivity contribution in [2.45, 2.75) is 37.8 Å². The molecule has 64 valence electrons. The molecule has 0 saturated heterocycles.